The number of hydrogen-bond donors (Lipinski definition) is 0. The molecule has 0 bridgehead atoms. The number of piperidine rings is 1. The molecule has 0 aromatic heterocycles. The molecule has 0 amide bonds. The van der Waals surface area contributed by atoms with E-state index >= 15 is 0 Å². The molecule has 1 aliphatic heterocycles. The molecular weight excluding hydrogens is 304 g/mol. The van der Waals surface area contributed by atoms with Gasteiger partial charge in [0.15, 0.2) is 0 Å². The maximum atomic E-state index is 9.13. The highest BCUT2D eigenvalue weighted by Gasteiger charge is 2.29. The van der Waals surface area contributed by atoms with Crippen molar-refractivity contribution in [3.63, 3.8) is 0 Å². The Morgan fingerprint density at radius 2 is 2.11 bits per heavy atom. The second kappa shape index (κ2) is 5.94. The van der Waals surface area contributed by atoms with Gasteiger partial charge in [-0.15, -0.1) is 0 Å². The summed E-state index contributed by atoms with van der Waals surface area (Å²) in [7, 11) is 1.67. The van der Waals surface area contributed by atoms with Crippen molar-refractivity contribution in [1.29, 1.82) is 5.26 Å². The molecule has 0 spiro atoms. The van der Waals surface area contributed by atoms with Gasteiger partial charge in [-0.05, 0) is 66.5 Å². The van der Waals surface area contributed by atoms with Gasteiger partial charge in [0.05, 0.1) is 23.1 Å². The third kappa shape index (κ3) is 3.49. The van der Waals surface area contributed by atoms with E-state index in [1.54, 1.807) is 7.11 Å². The van der Waals surface area contributed by atoms with E-state index in [0.29, 0.717) is 0 Å². The monoisotopic (exact) mass is 322 g/mol. The summed E-state index contributed by atoms with van der Waals surface area (Å²) in [5.41, 5.74) is 1.14. The first-order valence-electron chi connectivity index (χ1n) is 6.52. The maximum Gasteiger partial charge on any atom is 0.133 e. The fraction of sp³-hybridized carbons (Fsp3) is 0.533. The zero-order valence-electron chi connectivity index (χ0n) is 11.4. The number of rotatable bonds is 3. The Bertz CT molecular complexity index is 487. The van der Waals surface area contributed by atoms with E-state index in [-0.39, 0.29) is 5.41 Å². The summed E-state index contributed by atoms with van der Waals surface area (Å²) in [4.78, 5) is 2.41. The number of nitrogens with zero attached hydrogens (tertiary/aromatic N) is 2. The lowest BCUT2D eigenvalue weighted by Gasteiger charge is -2.34. The Labute approximate surface area is 123 Å². The van der Waals surface area contributed by atoms with Crippen molar-refractivity contribution < 1.29 is 4.74 Å². The number of methoxy groups -OCH3 is 1. The maximum absolute atomic E-state index is 9.13. The number of benzene rings is 1. The molecule has 0 atom stereocenters. The van der Waals surface area contributed by atoms with Crippen LogP contribution in [0.1, 0.15) is 25.3 Å². The molecule has 1 fully saturated rings. The fourth-order valence-corrected chi connectivity index (χ4v) is 2.97. The van der Waals surface area contributed by atoms with Crippen molar-refractivity contribution >= 4 is 15.9 Å². The topological polar surface area (TPSA) is 36.3 Å². The second-order valence-corrected chi connectivity index (χ2v) is 6.27. The van der Waals surface area contributed by atoms with Crippen LogP contribution in [0.2, 0.25) is 0 Å². The van der Waals surface area contributed by atoms with E-state index < -0.39 is 0 Å². The summed E-state index contributed by atoms with van der Waals surface area (Å²) in [6, 6.07) is 8.63. The van der Waals surface area contributed by atoms with Gasteiger partial charge in [0.1, 0.15) is 5.75 Å². The van der Waals surface area contributed by atoms with Gasteiger partial charge in [-0.25, -0.2) is 0 Å². The molecule has 2 rings (SSSR count). The Morgan fingerprint density at radius 1 is 1.42 bits per heavy atom. The lowest BCUT2D eigenvalue weighted by atomic mass is 9.82. The molecule has 0 N–H and O–H groups in total. The van der Waals surface area contributed by atoms with Crippen LogP contribution in [0.4, 0.5) is 0 Å². The summed E-state index contributed by atoms with van der Waals surface area (Å²) < 4.78 is 6.23. The van der Waals surface area contributed by atoms with E-state index in [4.69, 9.17) is 10.00 Å². The average Bonchev–Trinajstić information content (AvgIpc) is 2.42. The van der Waals surface area contributed by atoms with Gasteiger partial charge in [0.2, 0.25) is 0 Å². The summed E-state index contributed by atoms with van der Waals surface area (Å²) in [5, 5.41) is 9.13. The van der Waals surface area contributed by atoms with Crippen LogP contribution >= 0.6 is 15.9 Å². The summed E-state index contributed by atoms with van der Waals surface area (Å²) >= 11 is 3.51. The quantitative estimate of drug-likeness (QED) is 0.853. The van der Waals surface area contributed by atoms with Crippen LogP contribution in [-0.2, 0) is 6.54 Å². The first kappa shape index (κ1) is 14.4. The van der Waals surface area contributed by atoms with Crippen molar-refractivity contribution in [3.05, 3.63) is 28.2 Å². The summed E-state index contributed by atoms with van der Waals surface area (Å²) in [6.45, 7) is 4.99. The Balaban J connectivity index is 1.96. The molecule has 4 heteroatoms. The first-order valence-corrected chi connectivity index (χ1v) is 7.32. The lowest BCUT2D eigenvalue weighted by molar-refractivity contribution is 0.150. The molecule has 19 heavy (non-hydrogen) atoms. The minimum Gasteiger partial charge on any atom is -0.496 e. The largest absolute Gasteiger partial charge is 0.496 e. The van der Waals surface area contributed by atoms with Crippen molar-refractivity contribution in [3.8, 4) is 11.8 Å². The number of ether oxygens (including phenoxy) is 1. The molecule has 0 unspecified atom stereocenters. The van der Waals surface area contributed by atoms with Gasteiger partial charge in [0, 0.05) is 6.54 Å². The van der Waals surface area contributed by atoms with Gasteiger partial charge >= 0.3 is 0 Å². The highest BCUT2D eigenvalue weighted by molar-refractivity contribution is 9.10. The minimum absolute atomic E-state index is 0.128. The Kier molecular flexibility index (Phi) is 4.49. The third-order valence-electron chi connectivity index (χ3n) is 3.85. The Morgan fingerprint density at radius 3 is 2.63 bits per heavy atom. The molecule has 1 aromatic carbocycles. The molecule has 1 aromatic rings. The van der Waals surface area contributed by atoms with Gasteiger partial charge in [0.25, 0.3) is 0 Å². The van der Waals surface area contributed by atoms with Crippen LogP contribution in [0.25, 0.3) is 0 Å². The van der Waals surface area contributed by atoms with Crippen LogP contribution in [0.3, 0.4) is 0 Å². The predicted molar refractivity (Wildman–Crippen MR) is 78.9 cm³/mol. The van der Waals surface area contributed by atoms with Gasteiger partial charge in [-0.2, -0.15) is 5.26 Å². The summed E-state index contributed by atoms with van der Waals surface area (Å²) in [6.07, 6.45) is 1.92. The van der Waals surface area contributed by atoms with E-state index in [1.165, 1.54) is 5.56 Å². The zero-order chi connectivity index (χ0) is 13.9. The van der Waals surface area contributed by atoms with E-state index in [1.807, 2.05) is 6.07 Å². The number of halogens is 1. The van der Waals surface area contributed by atoms with Gasteiger partial charge < -0.3 is 4.74 Å². The molecule has 0 aliphatic carbocycles. The molecule has 1 heterocycles. The van der Waals surface area contributed by atoms with Gasteiger partial charge in [-0.3, -0.25) is 4.90 Å². The fourth-order valence-electron chi connectivity index (χ4n) is 2.38. The van der Waals surface area contributed by atoms with Crippen molar-refractivity contribution in [1.82, 2.24) is 4.90 Å². The third-order valence-corrected chi connectivity index (χ3v) is 4.47. The van der Waals surface area contributed by atoms with Crippen molar-refractivity contribution in [2.45, 2.75) is 26.3 Å². The lowest BCUT2D eigenvalue weighted by Crippen LogP contribution is -2.37. The number of hydrogen-bond acceptors (Lipinski definition) is 3. The van der Waals surface area contributed by atoms with Crippen LogP contribution in [0, 0.1) is 16.7 Å². The number of nitriles is 1. The Hall–Kier alpha value is -1.05. The molecule has 1 aliphatic rings. The molecular formula is C15H19BrN2O. The highest BCUT2D eigenvalue weighted by atomic mass is 79.9. The number of likely N-dealkylation sites (tertiary alicyclic amines) is 1. The van der Waals surface area contributed by atoms with E-state index in [2.05, 4.69) is 46.0 Å². The zero-order valence-corrected chi connectivity index (χ0v) is 13.0. The molecule has 0 saturated carbocycles. The standard InChI is InChI=1S/C15H19BrN2O/c1-15(11-17)5-7-18(8-6-15)10-12-3-4-14(19-2)13(16)9-12/h3-4,9H,5-8,10H2,1-2H3. The van der Waals surface area contributed by atoms with E-state index in [0.717, 1.165) is 42.7 Å². The smallest absolute Gasteiger partial charge is 0.133 e. The SMILES string of the molecule is COc1ccc(CN2CCC(C)(C#N)CC2)cc1Br. The van der Waals surface area contributed by atoms with Crippen molar-refractivity contribution in [2.75, 3.05) is 20.2 Å². The highest BCUT2D eigenvalue weighted by Crippen LogP contribution is 2.31. The van der Waals surface area contributed by atoms with Crippen molar-refractivity contribution in [2.24, 2.45) is 5.41 Å². The predicted octanol–water partition coefficient (Wildman–Crippen LogP) is 3.58. The first-order chi connectivity index (χ1) is 9.06. The van der Waals surface area contributed by atoms with Crippen LogP contribution in [0.5, 0.6) is 5.75 Å². The summed E-state index contributed by atoms with van der Waals surface area (Å²) in [5.74, 6) is 0.861. The van der Waals surface area contributed by atoms with E-state index in [9.17, 15) is 0 Å². The molecule has 102 valence electrons. The van der Waals surface area contributed by atoms with Crippen LogP contribution in [0.15, 0.2) is 22.7 Å². The normalized spacial score (nSPS) is 18.8. The average molecular weight is 323 g/mol. The second-order valence-electron chi connectivity index (χ2n) is 5.42. The minimum atomic E-state index is -0.128. The molecule has 1 saturated heterocycles. The van der Waals surface area contributed by atoms with Crippen LogP contribution < -0.4 is 4.74 Å². The molecule has 3 nitrogen and oxygen atoms in total. The van der Waals surface area contributed by atoms with Gasteiger partial charge in [-0.1, -0.05) is 6.07 Å². The van der Waals surface area contributed by atoms with Crippen LogP contribution in [-0.4, -0.2) is 25.1 Å². The molecule has 0 radical (unpaired) electrons.